The summed E-state index contributed by atoms with van der Waals surface area (Å²) in [5.74, 6) is 0.799. The maximum Gasteiger partial charge on any atom is 0.244 e. The van der Waals surface area contributed by atoms with Crippen molar-refractivity contribution in [3.05, 3.63) is 38.4 Å². The van der Waals surface area contributed by atoms with Gasteiger partial charge in [0, 0.05) is 22.0 Å². The molecule has 19 heavy (non-hydrogen) atoms. The summed E-state index contributed by atoms with van der Waals surface area (Å²) < 4.78 is 33.0. The highest BCUT2D eigenvalue weighted by Crippen LogP contribution is 2.24. The molecule has 8 heteroatoms. The lowest BCUT2D eigenvalue weighted by Crippen LogP contribution is -2.23. The highest BCUT2D eigenvalue weighted by Gasteiger charge is 2.21. The summed E-state index contributed by atoms with van der Waals surface area (Å²) in [5, 5.41) is 1.89. The number of nitrogens with two attached hydrogens (primary N) is 1. The van der Waals surface area contributed by atoms with Crippen LogP contribution in [0, 0.1) is 6.92 Å². The van der Waals surface area contributed by atoms with E-state index in [1.54, 1.807) is 6.92 Å². The van der Waals surface area contributed by atoms with E-state index < -0.39 is 10.0 Å². The monoisotopic (exact) mass is 364 g/mol. The lowest BCUT2D eigenvalue weighted by atomic mass is 10.4. The van der Waals surface area contributed by atoms with Crippen LogP contribution in [-0.4, -0.2) is 8.42 Å². The normalized spacial score (nSPS) is 11.9. The fourth-order valence-corrected chi connectivity index (χ4v) is 4.30. The molecule has 0 aliphatic rings. The summed E-state index contributed by atoms with van der Waals surface area (Å²) in [6, 6.07) is 3.34. The molecule has 104 valence electrons. The van der Waals surface area contributed by atoms with Crippen LogP contribution in [0.4, 0.5) is 0 Å². The van der Waals surface area contributed by atoms with Crippen LogP contribution in [-0.2, 0) is 23.1 Å². The fraction of sp³-hybridized carbons (Fsp3) is 0.273. The zero-order valence-corrected chi connectivity index (χ0v) is 13.4. The average Bonchev–Trinajstić information content (AvgIpc) is 2.93. The number of hydrogen-bond donors (Lipinski definition) is 2. The largest absolute Gasteiger partial charge is 0.464 e. The molecule has 0 saturated carbocycles. The molecule has 0 radical (unpaired) electrons. The van der Waals surface area contributed by atoms with Gasteiger partial charge in [0.1, 0.15) is 16.4 Å². The number of furan rings is 1. The Morgan fingerprint density at radius 2 is 2.26 bits per heavy atom. The highest BCUT2D eigenvalue weighted by molar-refractivity contribution is 9.10. The Balaban J connectivity index is 2.18. The lowest BCUT2D eigenvalue weighted by molar-refractivity contribution is 0.478. The van der Waals surface area contributed by atoms with E-state index in [1.165, 1.54) is 17.4 Å². The molecule has 0 amide bonds. The molecule has 0 aromatic carbocycles. The number of rotatable bonds is 5. The molecule has 0 unspecified atom stereocenters. The second kappa shape index (κ2) is 5.76. The number of sulfonamides is 1. The summed E-state index contributed by atoms with van der Waals surface area (Å²) in [4.78, 5) is 1.06. The number of thiophene rings is 1. The van der Waals surface area contributed by atoms with Crippen molar-refractivity contribution in [2.75, 3.05) is 0 Å². The lowest BCUT2D eigenvalue weighted by Gasteiger charge is -2.04. The zero-order chi connectivity index (χ0) is 14.0. The van der Waals surface area contributed by atoms with Gasteiger partial charge in [-0.3, -0.25) is 0 Å². The summed E-state index contributed by atoms with van der Waals surface area (Å²) in [6.07, 6.45) is 0. The summed E-state index contributed by atoms with van der Waals surface area (Å²) in [6.45, 7) is 2.02. The van der Waals surface area contributed by atoms with Gasteiger partial charge in [-0.05, 0) is 34.3 Å². The maximum absolute atomic E-state index is 12.2. The first-order valence-corrected chi connectivity index (χ1v) is 8.60. The van der Waals surface area contributed by atoms with Crippen LogP contribution in [0.5, 0.6) is 0 Å². The topological polar surface area (TPSA) is 85.3 Å². The first-order valence-electron chi connectivity index (χ1n) is 5.45. The minimum absolute atomic E-state index is 0.139. The molecule has 2 heterocycles. The van der Waals surface area contributed by atoms with Crippen LogP contribution in [0.1, 0.15) is 16.4 Å². The standard InChI is InChI=1S/C11H13BrN2O3S2/c1-7-11(4-8(5-13)17-7)19(15,16)14-6-10-9(12)2-3-18-10/h2-4,14H,5-6,13H2,1H3. The average molecular weight is 365 g/mol. The van der Waals surface area contributed by atoms with Gasteiger partial charge in [-0.25, -0.2) is 13.1 Å². The van der Waals surface area contributed by atoms with Crippen molar-refractivity contribution < 1.29 is 12.8 Å². The van der Waals surface area contributed by atoms with Crippen LogP contribution in [0.2, 0.25) is 0 Å². The van der Waals surface area contributed by atoms with E-state index in [9.17, 15) is 8.42 Å². The van der Waals surface area contributed by atoms with Gasteiger partial charge in [-0.15, -0.1) is 11.3 Å². The predicted molar refractivity (Wildman–Crippen MR) is 77.4 cm³/mol. The highest BCUT2D eigenvalue weighted by atomic mass is 79.9. The van der Waals surface area contributed by atoms with E-state index in [-0.39, 0.29) is 18.0 Å². The van der Waals surface area contributed by atoms with Gasteiger partial charge in [-0.1, -0.05) is 0 Å². The Bertz CT molecular complexity index is 676. The molecule has 0 spiro atoms. The van der Waals surface area contributed by atoms with Gasteiger partial charge in [0.25, 0.3) is 0 Å². The molecule has 0 fully saturated rings. The molecule has 2 rings (SSSR count). The fourth-order valence-electron chi connectivity index (χ4n) is 1.58. The van der Waals surface area contributed by atoms with Gasteiger partial charge in [0.05, 0.1) is 6.54 Å². The molecule has 0 aliphatic carbocycles. The Morgan fingerprint density at radius 3 is 2.79 bits per heavy atom. The van der Waals surface area contributed by atoms with Gasteiger partial charge >= 0.3 is 0 Å². The van der Waals surface area contributed by atoms with Crippen molar-refractivity contribution in [3.8, 4) is 0 Å². The first-order chi connectivity index (χ1) is 8.94. The van der Waals surface area contributed by atoms with E-state index in [2.05, 4.69) is 20.7 Å². The Kier molecular flexibility index (Phi) is 4.46. The van der Waals surface area contributed by atoms with Crippen molar-refractivity contribution >= 4 is 37.3 Å². The third-order valence-corrected chi connectivity index (χ3v) is 5.96. The van der Waals surface area contributed by atoms with Crippen LogP contribution in [0.15, 0.2) is 31.3 Å². The van der Waals surface area contributed by atoms with Gasteiger partial charge in [0.15, 0.2) is 0 Å². The van der Waals surface area contributed by atoms with E-state index >= 15 is 0 Å². The number of nitrogens with one attached hydrogen (secondary N) is 1. The molecule has 0 aliphatic heterocycles. The minimum atomic E-state index is -3.59. The zero-order valence-electron chi connectivity index (χ0n) is 10.1. The maximum atomic E-state index is 12.2. The van der Waals surface area contributed by atoms with Crippen LogP contribution in [0.25, 0.3) is 0 Å². The molecular formula is C11H13BrN2O3S2. The van der Waals surface area contributed by atoms with Crippen LogP contribution >= 0.6 is 27.3 Å². The molecule has 2 aromatic rings. The van der Waals surface area contributed by atoms with E-state index in [4.69, 9.17) is 10.2 Å². The van der Waals surface area contributed by atoms with Gasteiger partial charge in [0.2, 0.25) is 10.0 Å². The van der Waals surface area contributed by atoms with Crippen molar-refractivity contribution in [1.29, 1.82) is 0 Å². The second-order valence-electron chi connectivity index (χ2n) is 3.85. The molecule has 0 saturated heterocycles. The Morgan fingerprint density at radius 1 is 1.53 bits per heavy atom. The smallest absolute Gasteiger partial charge is 0.244 e. The van der Waals surface area contributed by atoms with Crippen molar-refractivity contribution in [2.45, 2.75) is 24.9 Å². The first kappa shape index (κ1) is 14.7. The van der Waals surface area contributed by atoms with Crippen molar-refractivity contribution in [2.24, 2.45) is 5.73 Å². The number of hydrogen-bond acceptors (Lipinski definition) is 5. The van der Waals surface area contributed by atoms with Crippen LogP contribution < -0.4 is 10.5 Å². The molecule has 0 bridgehead atoms. The predicted octanol–water partition coefficient (Wildman–Crippen LogP) is 2.35. The van der Waals surface area contributed by atoms with E-state index in [0.29, 0.717) is 11.5 Å². The van der Waals surface area contributed by atoms with Crippen molar-refractivity contribution in [3.63, 3.8) is 0 Å². The molecule has 3 N–H and O–H groups in total. The van der Waals surface area contributed by atoms with Crippen LogP contribution in [0.3, 0.4) is 0 Å². The minimum Gasteiger partial charge on any atom is -0.464 e. The quantitative estimate of drug-likeness (QED) is 0.852. The Hall–Kier alpha value is -0.670. The summed E-state index contributed by atoms with van der Waals surface area (Å²) in [7, 11) is -3.59. The molecular weight excluding hydrogens is 352 g/mol. The number of halogens is 1. The summed E-state index contributed by atoms with van der Waals surface area (Å²) >= 11 is 4.84. The number of aryl methyl sites for hydroxylation is 1. The van der Waals surface area contributed by atoms with Gasteiger partial charge in [-0.2, -0.15) is 0 Å². The SMILES string of the molecule is Cc1oc(CN)cc1S(=O)(=O)NCc1sccc1Br. The third-order valence-electron chi connectivity index (χ3n) is 2.53. The second-order valence-corrected chi connectivity index (χ2v) is 7.44. The summed E-state index contributed by atoms with van der Waals surface area (Å²) in [5.41, 5.74) is 5.43. The molecule has 0 atom stereocenters. The van der Waals surface area contributed by atoms with Gasteiger partial charge < -0.3 is 10.2 Å². The van der Waals surface area contributed by atoms with E-state index in [1.807, 2.05) is 11.4 Å². The molecule has 2 aromatic heterocycles. The van der Waals surface area contributed by atoms with E-state index in [0.717, 1.165) is 9.35 Å². The third kappa shape index (κ3) is 3.26. The Labute approximate surface area is 124 Å². The van der Waals surface area contributed by atoms with Crippen molar-refractivity contribution in [1.82, 2.24) is 4.72 Å². The molecule has 5 nitrogen and oxygen atoms in total.